The van der Waals surface area contributed by atoms with Crippen LogP contribution in [0.3, 0.4) is 0 Å². The monoisotopic (exact) mass is 416 g/mol. The Hall–Kier alpha value is -3.01. The lowest BCUT2D eigenvalue weighted by atomic mass is 10.2. The van der Waals surface area contributed by atoms with Crippen molar-refractivity contribution in [1.82, 2.24) is 9.88 Å². The summed E-state index contributed by atoms with van der Waals surface area (Å²) in [7, 11) is 0. The van der Waals surface area contributed by atoms with Crippen LogP contribution in [-0.2, 0) is 4.79 Å². The number of aromatic nitrogens is 1. The Morgan fingerprint density at radius 2 is 1.87 bits per heavy atom. The van der Waals surface area contributed by atoms with E-state index in [9.17, 15) is 4.79 Å². The predicted molar refractivity (Wildman–Crippen MR) is 125 cm³/mol. The van der Waals surface area contributed by atoms with E-state index < -0.39 is 0 Å². The van der Waals surface area contributed by atoms with Gasteiger partial charge in [0.25, 0.3) is 0 Å². The van der Waals surface area contributed by atoms with Crippen LogP contribution in [0, 0.1) is 12.3 Å². The molecule has 2 heterocycles. The van der Waals surface area contributed by atoms with Crippen molar-refractivity contribution in [1.29, 1.82) is 0 Å². The van der Waals surface area contributed by atoms with E-state index in [4.69, 9.17) is 6.42 Å². The first kappa shape index (κ1) is 20.3. The molecule has 1 fully saturated rings. The summed E-state index contributed by atoms with van der Waals surface area (Å²) in [6.45, 7) is 4.33. The highest BCUT2D eigenvalue weighted by atomic mass is 32.2. The number of rotatable bonds is 6. The number of fused-ring (bicyclic) bond motifs is 1. The van der Waals surface area contributed by atoms with E-state index in [2.05, 4.69) is 32.1 Å². The summed E-state index contributed by atoms with van der Waals surface area (Å²) in [6.07, 6.45) is 7.21. The maximum absolute atomic E-state index is 12.7. The van der Waals surface area contributed by atoms with E-state index in [1.54, 1.807) is 6.20 Å². The van der Waals surface area contributed by atoms with Crippen molar-refractivity contribution in [2.24, 2.45) is 0 Å². The number of thioether (sulfide) groups is 1. The first-order chi connectivity index (χ1) is 14.7. The topological polar surface area (TPSA) is 48.5 Å². The number of pyridine rings is 1. The smallest absolute Gasteiger partial charge is 0.234 e. The molecule has 0 saturated carbocycles. The van der Waals surface area contributed by atoms with Crippen molar-refractivity contribution in [3.8, 4) is 12.3 Å². The SMILES string of the molecule is C#CCN1CCN(c2ccccc2NC(=O)CSc2cccc3cccnc23)CC1. The second kappa shape index (κ2) is 9.66. The number of carbonyl (C=O) groups excluding carboxylic acids is 1. The predicted octanol–water partition coefficient (Wildman–Crippen LogP) is 3.72. The molecule has 0 atom stereocenters. The fourth-order valence-electron chi connectivity index (χ4n) is 3.65. The lowest BCUT2D eigenvalue weighted by Gasteiger charge is -2.36. The van der Waals surface area contributed by atoms with Crippen LogP contribution < -0.4 is 10.2 Å². The Bertz CT molecular complexity index is 1060. The molecular weight excluding hydrogens is 392 g/mol. The van der Waals surface area contributed by atoms with Gasteiger partial charge in [0.2, 0.25) is 5.91 Å². The van der Waals surface area contributed by atoms with Crippen molar-refractivity contribution in [2.75, 3.05) is 48.7 Å². The standard InChI is InChI=1S/C24H24N4OS/c1-2-13-27-14-16-28(17-15-27)21-10-4-3-9-20(21)26-23(29)18-30-22-11-5-7-19-8-6-12-25-24(19)22/h1,3-12H,13-18H2,(H,26,29). The quantitative estimate of drug-likeness (QED) is 0.490. The van der Waals surface area contributed by atoms with Crippen LogP contribution >= 0.6 is 11.8 Å². The van der Waals surface area contributed by atoms with Crippen LogP contribution in [0.25, 0.3) is 10.9 Å². The van der Waals surface area contributed by atoms with Gasteiger partial charge in [-0.15, -0.1) is 18.2 Å². The van der Waals surface area contributed by atoms with Gasteiger partial charge in [0.1, 0.15) is 0 Å². The Morgan fingerprint density at radius 3 is 2.70 bits per heavy atom. The molecule has 5 nitrogen and oxygen atoms in total. The minimum absolute atomic E-state index is 0.0219. The Labute approximate surface area is 181 Å². The first-order valence-electron chi connectivity index (χ1n) is 10.0. The molecule has 1 aliphatic rings. The molecule has 3 aromatic rings. The zero-order valence-electron chi connectivity index (χ0n) is 16.8. The summed E-state index contributed by atoms with van der Waals surface area (Å²) in [5.41, 5.74) is 2.84. The van der Waals surface area contributed by atoms with Crippen molar-refractivity contribution in [3.05, 3.63) is 60.8 Å². The number of nitrogens with zero attached hydrogens (tertiary/aromatic N) is 3. The lowest BCUT2D eigenvalue weighted by molar-refractivity contribution is -0.113. The molecule has 2 aromatic carbocycles. The van der Waals surface area contributed by atoms with Crippen LogP contribution in [0.15, 0.2) is 65.7 Å². The minimum Gasteiger partial charge on any atom is -0.367 e. The number of nitrogens with one attached hydrogen (secondary N) is 1. The molecule has 0 spiro atoms. The fourth-order valence-corrected chi connectivity index (χ4v) is 4.49. The maximum atomic E-state index is 12.7. The van der Waals surface area contributed by atoms with Gasteiger partial charge in [-0.05, 0) is 24.3 Å². The lowest BCUT2D eigenvalue weighted by Crippen LogP contribution is -2.46. The molecule has 30 heavy (non-hydrogen) atoms. The summed E-state index contributed by atoms with van der Waals surface area (Å²) >= 11 is 1.51. The zero-order chi connectivity index (χ0) is 20.8. The number of benzene rings is 2. The molecule has 0 unspecified atom stereocenters. The molecule has 0 aliphatic carbocycles. The van der Waals surface area contributed by atoms with Gasteiger partial charge in [0, 0.05) is 42.7 Å². The number of anilines is 2. The second-order valence-electron chi connectivity index (χ2n) is 7.15. The summed E-state index contributed by atoms with van der Waals surface area (Å²) in [5, 5.41) is 4.18. The highest BCUT2D eigenvalue weighted by molar-refractivity contribution is 8.00. The summed E-state index contributed by atoms with van der Waals surface area (Å²) in [6, 6.07) is 18.0. The zero-order valence-corrected chi connectivity index (χ0v) is 17.6. The van der Waals surface area contributed by atoms with Crippen molar-refractivity contribution in [2.45, 2.75) is 4.90 Å². The highest BCUT2D eigenvalue weighted by Gasteiger charge is 2.19. The van der Waals surface area contributed by atoms with Gasteiger partial charge in [0.05, 0.1) is 29.2 Å². The summed E-state index contributed by atoms with van der Waals surface area (Å²) in [5.74, 6) is 3.02. The third kappa shape index (κ3) is 4.76. The fraction of sp³-hybridized carbons (Fsp3) is 0.250. The summed E-state index contributed by atoms with van der Waals surface area (Å²) < 4.78 is 0. The van der Waals surface area contributed by atoms with Gasteiger partial charge in [-0.25, -0.2) is 0 Å². The third-order valence-corrected chi connectivity index (χ3v) is 6.21. The number of hydrogen-bond acceptors (Lipinski definition) is 5. The van der Waals surface area contributed by atoms with E-state index in [0.717, 1.165) is 53.4 Å². The van der Waals surface area contributed by atoms with Gasteiger partial charge < -0.3 is 10.2 Å². The number of para-hydroxylation sites is 3. The molecule has 0 radical (unpaired) electrons. The summed E-state index contributed by atoms with van der Waals surface area (Å²) in [4.78, 5) is 22.8. The van der Waals surface area contributed by atoms with Crippen LogP contribution in [0.4, 0.5) is 11.4 Å². The second-order valence-corrected chi connectivity index (χ2v) is 8.17. The van der Waals surface area contributed by atoms with Gasteiger partial charge in [-0.3, -0.25) is 14.7 Å². The van der Waals surface area contributed by atoms with Gasteiger partial charge in [0.15, 0.2) is 0 Å². The van der Waals surface area contributed by atoms with E-state index >= 15 is 0 Å². The molecule has 1 saturated heterocycles. The van der Waals surface area contributed by atoms with Crippen molar-refractivity contribution in [3.63, 3.8) is 0 Å². The van der Waals surface area contributed by atoms with E-state index in [-0.39, 0.29) is 5.91 Å². The van der Waals surface area contributed by atoms with Crippen LogP contribution in [0.5, 0.6) is 0 Å². The molecule has 1 aromatic heterocycles. The highest BCUT2D eigenvalue weighted by Crippen LogP contribution is 2.29. The Kier molecular flexibility index (Phi) is 6.53. The largest absolute Gasteiger partial charge is 0.367 e. The minimum atomic E-state index is -0.0219. The average Bonchev–Trinajstić information content (AvgIpc) is 2.79. The Balaban J connectivity index is 1.40. The molecule has 0 bridgehead atoms. The van der Waals surface area contributed by atoms with E-state index in [1.165, 1.54) is 11.8 Å². The molecule has 4 rings (SSSR count). The number of hydrogen-bond donors (Lipinski definition) is 1. The molecule has 1 N–H and O–H groups in total. The molecule has 1 aliphatic heterocycles. The van der Waals surface area contributed by atoms with Crippen molar-refractivity contribution >= 4 is 39.9 Å². The van der Waals surface area contributed by atoms with Gasteiger partial charge in [-0.2, -0.15) is 0 Å². The number of amides is 1. The number of piperazine rings is 1. The van der Waals surface area contributed by atoms with Crippen LogP contribution in [0.2, 0.25) is 0 Å². The molecule has 1 amide bonds. The number of terminal acetylenes is 1. The molecule has 152 valence electrons. The number of carbonyl (C=O) groups is 1. The van der Waals surface area contributed by atoms with E-state index in [1.807, 2.05) is 48.5 Å². The van der Waals surface area contributed by atoms with Gasteiger partial charge >= 0.3 is 0 Å². The molecular formula is C24H24N4OS. The van der Waals surface area contributed by atoms with Crippen LogP contribution in [-0.4, -0.2) is 54.3 Å². The normalized spacial score (nSPS) is 14.4. The van der Waals surface area contributed by atoms with Crippen molar-refractivity contribution < 1.29 is 4.79 Å². The average molecular weight is 417 g/mol. The third-order valence-electron chi connectivity index (χ3n) is 5.16. The first-order valence-corrected chi connectivity index (χ1v) is 11.0. The molecule has 6 heteroatoms. The van der Waals surface area contributed by atoms with E-state index in [0.29, 0.717) is 12.3 Å². The van der Waals surface area contributed by atoms with Crippen LogP contribution in [0.1, 0.15) is 0 Å². The van der Waals surface area contributed by atoms with Gasteiger partial charge in [-0.1, -0.05) is 36.3 Å². The maximum Gasteiger partial charge on any atom is 0.234 e. The Morgan fingerprint density at radius 1 is 1.07 bits per heavy atom.